The number of rotatable bonds is 4. The predicted molar refractivity (Wildman–Crippen MR) is 75.8 cm³/mol. The van der Waals surface area contributed by atoms with Crippen molar-refractivity contribution >= 4 is 33.4 Å². The van der Waals surface area contributed by atoms with E-state index in [1.54, 1.807) is 0 Å². The van der Waals surface area contributed by atoms with Crippen LogP contribution in [0.25, 0.3) is 0 Å². The molecule has 0 spiro atoms. The van der Waals surface area contributed by atoms with Gasteiger partial charge in [0.2, 0.25) is 15.9 Å². The zero-order valence-electron chi connectivity index (χ0n) is 12.0. The van der Waals surface area contributed by atoms with E-state index in [2.05, 4.69) is 0 Å². The first-order valence-electron chi connectivity index (χ1n) is 5.88. The molecule has 1 aromatic rings. The summed E-state index contributed by atoms with van der Waals surface area (Å²) in [5.74, 6) is -1.90. The number of carbonyl (C=O) groups excluding carboxylic acids is 3. The number of esters is 1. The molecule has 7 nitrogen and oxygen atoms in total. The van der Waals surface area contributed by atoms with Crippen molar-refractivity contribution in [3.63, 3.8) is 0 Å². The third-order valence-corrected chi connectivity index (χ3v) is 3.57. The van der Waals surface area contributed by atoms with Crippen molar-refractivity contribution in [3.05, 3.63) is 23.8 Å². The second-order valence-electron chi connectivity index (χ2n) is 4.38. The van der Waals surface area contributed by atoms with Crippen molar-refractivity contribution in [3.8, 4) is 5.75 Å². The Morgan fingerprint density at radius 3 is 2.05 bits per heavy atom. The van der Waals surface area contributed by atoms with Crippen LogP contribution in [-0.4, -0.2) is 32.3 Å². The van der Waals surface area contributed by atoms with E-state index in [4.69, 9.17) is 4.74 Å². The Hall–Kier alpha value is -2.22. The van der Waals surface area contributed by atoms with Gasteiger partial charge in [-0.2, -0.15) is 0 Å². The van der Waals surface area contributed by atoms with E-state index in [1.165, 1.54) is 25.1 Å². The number of sulfonamides is 1. The van der Waals surface area contributed by atoms with Crippen LogP contribution in [0.4, 0.5) is 5.69 Å². The highest BCUT2D eigenvalue weighted by Crippen LogP contribution is 2.32. The Morgan fingerprint density at radius 2 is 1.67 bits per heavy atom. The molecule has 0 unspecified atom stereocenters. The fraction of sp³-hybridized carbons (Fsp3) is 0.308. The van der Waals surface area contributed by atoms with E-state index >= 15 is 0 Å². The first kappa shape index (κ1) is 16.8. The SMILES string of the molecule is CC(=O)Oc1ccc(C(C)=O)cc1N(C(C)=O)S(C)(=O)=O. The molecular weight excluding hydrogens is 298 g/mol. The number of benzene rings is 1. The summed E-state index contributed by atoms with van der Waals surface area (Å²) < 4.78 is 28.9. The van der Waals surface area contributed by atoms with Crippen LogP contribution in [0.5, 0.6) is 5.75 Å². The maximum atomic E-state index is 11.8. The smallest absolute Gasteiger partial charge is 0.308 e. The molecule has 0 heterocycles. The average Bonchev–Trinajstić information content (AvgIpc) is 2.27. The molecule has 0 aliphatic heterocycles. The van der Waals surface area contributed by atoms with Gasteiger partial charge in [0.15, 0.2) is 11.5 Å². The number of amides is 1. The molecule has 114 valence electrons. The zero-order valence-corrected chi connectivity index (χ0v) is 12.9. The lowest BCUT2D eigenvalue weighted by atomic mass is 10.1. The highest BCUT2D eigenvalue weighted by molar-refractivity contribution is 7.92. The molecule has 0 fully saturated rings. The second-order valence-corrected chi connectivity index (χ2v) is 6.21. The van der Waals surface area contributed by atoms with Crippen molar-refractivity contribution in [2.75, 3.05) is 10.6 Å². The fourth-order valence-electron chi connectivity index (χ4n) is 1.72. The van der Waals surface area contributed by atoms with Gasteiger partial charge in [0.05, 0.1) is 6.26 Å². The van der Waals surface area contributed by atoms with Gasteiger partial charge in [0.25, 0.3) is 0 Å². The Bertz CT molecular complexity index is 707. The number of carbonyl (C=O) groups is 3. The predicted octanol–water partition coefficient (Wildman–Crippen LogP) is 1.13. The van der Waals surface area contributed by atoms with E-state index in [0.29, 0.717) is 4.31 Å². The molecule has 0 atom stereocenters. The van der Waals surface area contributed by atoms with Crippen LogP contribution in [0.3, 0.4) is 0 Å². The van der Waals surface area contributed by atoms with E-state index in [0.717, 1.165) is 20.1 Å². The first-order valence-corrected chi connectivity index (χ1v) is 7.73. The first-order chi connectivity index (χ1) is 9.54. The molecule has 8 heteroatoms. The van der Waals surface area contributed by atoms with Crippen LogP contribution >= 0.6 is 0 Å². The van der Waals surface area contributed by atoms with Gasteiger partial charge in [-0.15, -0.1) is 0 Å². The topological polar surface area (TPSA) is 97.8 Å². The number of hydrogen-bond acceptors (Lipinski definition) is 6. The van der Waals surface area contributed by atoms with Gasteiger partial charge in [0.1, 0.15) is 5.69 Å². The lowest BCUT2D eigenvalue weighted by Crippen LogP contribution is -2.34. The number of anilines is 1. The van der Waals surface area contributed by atoms with Crippen molar-refractivity contribution in [1.29, 1.82) is 0 Å². The van der Waals surface area contributed by atoms with E-state index in [-0.39, 0.29) is 22.8 Å². The number of hydrogen-bond donors (Lipinski definition) is 0. The number of Topliss-reactive ketones (excluding diaryl/α,β-unsaturated/α-hetero) is 1. The molecule has 1 rings (SSSR count). The summed E-state index contributed by atoms with van der Waals surface area (Å²) in [5.41, 5.74) is 0.0173. The summed E-state index contributed by atoms with van der Waals surface area (Å²) in [6.07, 6.45) is 0.840. The summed E-state index contributed by atoms with van der Waals surface area (Å²) in [6, 6.07) is 3.85. The molecule has 0 N–H and O–H groups in total. The third-order valence-electron chi connectivity index (χ3n) is 2.46. The Morgan fingerprint density at radius 1 is 1.10 bits per heavy atom. The molecule has 1 amide bonds. The Labute approximate surface area is 122 Å². The number of ketones is 1. The van der Waals surface area contributed by atoms with E-state index in [9.17, 15) is 22.8 Å². The average molecular weight is 313 g/mol. The molecule has 0 radical (unpaired) electrons. The molecule has 1 aromatic carbocycles. The van der Waals surface area contributed by atoms with Crippen molar-refractivity contribution < 1.29 is 27.5 Å². The fourth-order valence-corrected chi connectivity index (χ4v) is 2.69. The maximum Gasteiger partial charge on any atom is 0.308 e. The molecule has 0 aromatic heterocycles. The van der Waals surface area contributed by atoms with Gasteiger partial charge in [-0.05, 0) is 25.1 Å². The van der Waals surface area contributed by atoms with Gasteiger partial charge in [0, 0.05) is 19.4 Å². The van der Waals surface area contributed by atoms with E-state index in [1.807, 2.05) is 0 Å². The Kier molecular flexibility index (Phi) is 4.84. The van der Waals surface area contributed by atoms with Crippen molar-refractivity contribution in [1.82, 2.24) is 0 Å². The van der Waals surface area contributed by atoms with Crippen LogP contribution in [0.15, 0.2) is 18.2 Å². The minimum Gasteiger partial charge on any atom is -0.424 e. The van der Waals surface area contributed by atoms with Crippen LogP contribution in [0, 0.1) is 0 Å². The zero-order chi connectivity index (χ0) is 16.4. The van der Waals surface area contributed by atoms with Crippen LogP contribution in [0.1, 0.15) is 31.1 Å². The second kappa shape index (κ2) is 6.04. The highest BCUT2D eigenvalue weighted by atomic mass is 32.2. The lowest BCUT2D eigenvalue weighted by molar-refractivity contribution is -0.132. The molecule has 0 bridgehead atoms. The van der Waals surface area contributed by atoms with Gasteiger partial charge in [-0.25, -0.2) is 12.7 Å². The quantitative estimate of drug-likeness (QED) is 0.469. The molecule has 0 saturated carbocycles. The lowest BCUT2D eigenvalue weighted by Gasteiger charge is -2.21. The summed E-state index contributed by atoms with van der Waals surface area (Å²) in [6.45, 7) is 3.49. The monoisotopic (exact) mass is 313 g/mol. The van der Waals surface area contributed by atoms with Crippen LogP contribution in [0.2, 0.25) is 0 Å². The molecule has 21 heavy (non-hydrogen) atoms. The molecular formula is C13H15NO6S. The Balaban J connectivity index is 3.60. The van der Waals surface area contributed by atoms with E-state index < -0.39 is 21.9 Å². The summed E-state index contributed by atoms with van der Waals surface area (Å²) in [5, 5.41) is 0. The van der Waals surface area contributed by atoms with Gasteiger partial charge < -0.3 is 4.74 Å². The molecule has 0 aliphatic carbocycles. The highest BCUT2D eigenvalue weighted by Gasteiger charge is 2.26. The standard InChI is InChI=1S/C13H15NO6S/c1-8(15)11-5-6-13(20-10(3)17)12(7-11)14(9(2)16)21(4,18)19/h5-7H,1-4H3. The van der Waals surface area contributed by atoms with Crippen molar-refractivity contribution in [2.24, 2.45) is 0 Å². The summed E-state index contributed by atoms with van der Waals surface area (Å²) in [4.78, 5) is 34.1. The van der Waals surface area contributed by atoms with Gasteiger partial charge in [-0.1, -0.05) is 0 Å². The molecule has 0 saturated heterocycles. The van der Waals surface area contributed by atoms with Crippen LogP contribution < -0.4 is 9.04 Å². The minimum absolute atomic E-state index is 0.117. The van der Waals surface area contributed by atoms with Gasteiger partial charge in [-0.3, -0.25) is 14.4 Å². The largest absolute Gasteiger partial charge is 0.424 e. The van der Waals surface area contributed by atoms with Crippen molar-refractivity contribution in [2.45, 2.75) is 20.8 Å². The van der Waals surface area contributed by atoms with Crippen LogP contribution in [-0.2, 0) is 19.6 Å². The summed E-state index contributed by atoms with van der Waals surface area (Å²) >= 11 is 0. The summed E-state index contributed by atoms with van der Waals surface area (Å²) in [7, 11) is -3.94. The normalized spacial score (nSPS) is 10.9. The molecule has 0 aliphatic rings. The third kappa shape index (κ3) is 4.12. The number of nitrogens with zero attached hydrogens (tertiary/aromatic N) is 1. The maximum absolute atomic E-state index is 11.8. The minimum atomic E-state index is -3.94. The van der Waals surface area contributed by atoms with Gasteiger partial charge >= 0.3 is 5.97 Å². The number of ether oxygens (including phenoxy) is 1.